The van der Waals surface area contributed by atoms with E-state index in [1.807, 2.05) is 28.1 Å². The number of aromatic nitrogens is 2. The Morgan fingerprint density at radius 2 is 2.28 bits per heavy atom. The van der Waals surface area contributed by atoms with E-state index in [0.29, 0.717) is 26.1 Å². The lowest BCUT2D eigenvalue weighted by atomic mass is 9.75. The second-order valence-corrected chi connectivity index (χ2v) is 7.17. The maximum Gasteiger partial charge on any atom is 0.248 e. The van der Waals surface area contributed by atoms with E-state index in [1.54, 1.807) is 0 Å². The van der Waals surface area contributed by atoms with E-state index in [2.05, 4.69) is 16.6 Å². The first-order valence-electron chi connectivity index (χ1n) is 8.88. The minimum Gasteiger partial charge on any atom is -0.389 e. The quantitative estimate of drug-likeness (QED) is 0.758. The number of hydrogen-bond donors (Lipinski definition) is 1. The van der Waals surface area contributed by atoms with Crippen molar-refractivity contribution in [2.75, 3.05) is 39.9 Å². The molecule has 2 fully saturated rings. The number of piperidine rings is 2. The number of aliphatic hydroxyl groups is 1. The number of allylic oxidation sites excluding steroid dienone is 1. The zero-order valence-electron chi connectivity index (χ0n) is 14.9. The monoisotopic (exact) mass is 348 g/mol. The molecule has 0 bridgehead atoms. The number of carbonyl (C=O) groups excluding carboxylic acids is 1. The molecule has 2 aliphatic heterocycles. The Kier molecular flexibility index (Phi) is 5.56. The zero-order chi connectivity index (χ0) is 17.9. The van der Waals surface area contributed by atoms with Gasteiger partial charge >= 0.3 is 0 Å². The van der Waals surface area contributed by atoms with Gasteiger partial charge < -0.3 is 14.7 Å². The topological polar surface area (TPSA) is 70.8 Å². The lowest BCUT2D eigenvalue weighted by molar-refractivity contribution is -0.150. The van der Waals surface area contributed by atoms with E-state index in [9.17, 15) is 9.90 Å². The predicted molar refractivity (Wildman–Crippen MR) is 93.8 cm³/mol. The molecule has 1 aromatic rings. The summed E-state index contributed by atoms with van der Waals surface area (Å²) in [6, 6.07) is 0. The van der Waals surface area contributed by atoms with Gasteiger partial charge in [0, 0.05) is 57.5 Å². The lowest BCUT2D eigenvalue weighted by Gasteiger charge is -2.50. The van der Waals surface area contributed by atoms with Gasteiger partial charge in [-0.1, -0.05) is 6.08 Å². The van der Waals surface area contributed by atoms with Crippen LogP contribution in [-0.4, -0.2) is 76.1 Å². The third kappa shape index (κ3) is 4.11. The van der Waals surface area contributed by atoms with E-state index in [-0.39, 0.29) is 18.4 Å². The molecule has 7 heteroatoms. The highest BCUT2D eigenvalue weighted by Crippen LogP contribution is 2.35. The molecule has 2 aliphatic rings. The molecule has 138 valence electrons. The third-order valence-electron chi connectivity index (χ3n) is 5.38. The molecule has 1 N–H and O–H groups in total. The summed E-state index contributed by atoms with van der Waals surface area (Å²) < 4.78 is 6.83. The smallest absolute Gasteiger partial charge is 0.248 e. The van der Waals surface area contributed by atoms with Crippen LogP contribution in [0.5, 0.6) is 0 Å². The van der Waals surface area contributed by atoms with Gasteiger partial charge in [0.2, 0.25) is 5.91 Å². The van der Waals surface area contributed by atoms with Gasteiger partial charge in [0.15, 0.2) is 0 Å². The number of ether oxygens (including phenoxy) is 1. The van der Waals surface area contributed by atoms with Crippen LogP contribution < -0.4 is 0 Å². The van der Waals surface area contributed by atoms with Gasteiger partial charge in [-0.15, -0.1) is 6.58 Å². The zero-order valence-corrected chi connectivity index (χ0v) is 14.9. The van der Waals surface area contributed by atoms with E-state index >= 15 is 0 Å². The predicted octanol–water partition coefficient (Wildman–Crippen LogP) is 0.501. The summed E-state index contributed by atoms with van der Waals surface area (Å²) in [5.74, 6) is 0.0893. The van der Waals surface area contributed by atoms with Gasteiger partial charge in [-0.2, -0.15) is 5.10 Å². The van der Waals surface area contributed by atoms with E-state index in [4.69, 9.17) is 4.74 Å². The fourth-order valence-corrected chi connectivity index (χ4v) is 3.93. The molecule has 2 atom stereocenters. The molecule has 0 radical (unpaired) electrons. The normalized spacial score (nSPS) is 27.1. The van der Waals surface area contributed by atoms with Crippen LogP contribution in [0.2, 0.25) is 0 Å². The third-order valence-corrected chi connectivity index (χ3v) is 5.38. The first-order valence-corrected chi connectivity index (χ1v) is 8.88. The van der Waals surface area contributed by atoms with Crippen LogP contribution in [0.4, 0.5) is 0 Å². The lowest BCUT2D eigenvalue weighted by Crippen LogP contribution is -2.60. The minimum atomic E-state index is -0.645. The highest BCUT2D eigenvalue weighted by molar-refractivity contribution is 5.77. The molecule has 7 nitrogen and oxygen atoms in total. The van der Waals surface area contributed by atoms with Gasteiger partial charge in [-0.25, -0.2) is 0 Å². The van der Waals surface area contributed by atoms with Crippen molar-refractivity contribution in [3.8, 4) is 0 Å². The average Bonchev–Trinajstić information content (AvgIpc) is 3.02. The number of fused-ring (bicyclic) bond motifs is 1. The molecule has 2 saturated heterocycles. The highest BCUT2D eigenvalue weighted by Gasteiger charge is 2.45. The summed E-state index contributed by atoms with van der Waals surface area (Å²) in [6.45, 7) is 8.23. The Morgan fingerprint density at radius 3 is 3.04 bits per heavy atom. The van der Waals surface area contributed by atoms with Gasteiger partial charge in [0.25, 0.3) is 0 Å². The van der Waals surface area contributed by atoms with Gasteiger partial charge in [-0.3, -0.25) is 14.4 Å². The van der Waals surface area contributed by atoms with Crippen molar-refractivity contribution >= 4 is 5.91 Å². The fraction of sp³-hybridized carbons (Fsp3) is 0.667. The maximum atomic E-state index is 12.1. The number of rotatable bonds is 6. The Morgan fingerprint density at radius 1 is 1.48 bits per heavy atom. The first-order chi connectivity index (χ1) is 12.0. The average molecular weight is 348 g/mol. The van der Waals surface area contributed by atoms with Crippen molar-refractivity contribution in [2.24, 2.45) is 5.92 Å². The number of amides is 1. The van der Waals surface area contributed by atoms with Gasteiger partial charge in [-0.05, 0) is 12.8 Å². The second kappa shape index (κ2) is 7.68. The van der Waals surface area contributed by atoms with E-state index < -0.39 is 5.60 Å². The van der Waals surface area contributed by atoms with Crippen molar-refractivity contribution in [2.45, 2.75) is 31.5 Å². The number of hydrogen-bond acceptors (Lipinski definition) is 5. The van der Waals surface area contributed by atoms with Gasteiger partial charge in [0.05, 0.1) is 18.3 Å². The standard InChI is InChI=1S/C18H28N4O3/c1-3-6-22-11-15(9-19-22)10-20-7-4-18(24)5-8-21(13-16(18)12-20)17(23)14-25-2/h3,9,11,16,24H,1,4-8,10,12-14H2,2H3. The Bertz CT molecular complexity index is 617. The molecule has 0 saturated carbocycles. The molecule has 0 spiro atoms. The Hall–Kier alpha value is -1.70. The van der Waals surface area contributed by atoms with Crippen LogP contribution in [-0.2, 0) is 22.6 Å². The van der Waals surface area contributed by atoms with Crippen molar-refractivity contribution in [3.63, 3.8) is 0 Å². The molecule has 1 amide bonds. The van der Waals surface area contributed by atoms with Gasteiger partial charge in [0.1, 0.15) is 6.61 Å². The molecule has 2 unspecified atom stereocenters. The molecule has 3 rings (SSSR count). The SMILES string of the molecule is C=CCn1cc(CN2CCC3(O)CCN(C(=O)COC)CC3C2)cn1. The number of methoxy groups -OCH3 is 1. The molecular formula is C18H28N4O3. The van der Waals surface area contributed by atoms with Crippen molar-refractivity contribution in [3.05, 3.63) is 30.6 Å². The molecule has 0 aromatic carbocycles. The van der Waals surface area contributed by atoms with Crippen LogP contribution in [0.3, 0.4) is 0 Å². The summed E-state index contributed by atoms with van der Waals surface area (Å²) in [4.78, 5) is 16.3. The van der Waals surface area contributed by atoms with Crippen molar-refractivity contribution in [1.82, 2.24) is 19.6 Å². The maximum absolute atomic E-state index is 12.1. The summed E-state index contributed by atoms with van der Waals surface area (Å²) in [5, 5.41) is 15.3. The number of carbonyl (C=O) groups is 1. The van der Waals surface area contributed by atoms with Crippen LogP contribution in [0.25, 0.3) is 0 Å². The summed E-state index contributed by atoms with van der Waals surface area (Å²) in [7, 11) is 1.53. The molecule has 1 aromatic heterocycles. The number of likely N-dealkylation sites (tertiary alicyclic amines) is 2. The summed E-state index contributed by atoms with van der Waals surface area (Å²) >= 11 is 0. The summed E-state index contributed by atoms with van der Waals surface area (Å²) in [5.41, 5.74) is 0.517. The van der Waals surface area contributed by atoms with Crippen molar-refractivity contribution in [1.29, 1.82) is 0 Å². The van der Waals surface area contributed by atoms with Crippen LogP contribution in [0.15, 0.2) is 25.0 Å². The Labute approximate surface area is 148 Å². The molecule has 0 aliphatic carbocycles. The Balaban J connectivity index is 1.60. The largest absolute Gasteiger partial charge is 0.389 e. The van der Waals surface area contributed by atoms with E-state index in [1.165, 1.54) is 7.11 Å². The van der Waals surface area contributed by atoms with Crippen LogP contribution in [0, 0.1) is 5.92 Å². The van der Waals surface area contributed by atoms with E-state index in [0.717, 1.165) is 31.6 Å². The first kappa shape index (κ1) is 18.1. The molecular weight excluding hydrogens is 320 g/mol. The molecule has 25 heavy (non-hydrogen) atoms. The summed E-state index contributed by atoms with van der Waals surface area (Å²) in [6.07, 6.45) is 7.16. The van der Waals surface area contributed by atoms with Crippen LogP contribution in [0.1, 0.15) is 18.4 Å². The fourth-order valence-electron chi connectivity index (χ4n) is 3.93. The van der Waals surface area contributed by atoms with Crippen molar-refractivity contribution < 1.29 is 14.6 Å². The minimum absolute atomic E-state index is 0.00683. The second-order valence-electron chi connectivity index (χ2n) is 7.17. The van der Waals surface area contributed by atoms with Crippen LogP contribution >= 0.6 is 0 Å². The highest BCUT2D eigenvalue weighted by atomic mass is 16.5. The molecule has 3 heterocycles. The number of nitrogens with zero attached hydrogens (tertiary/aromatic N) is 4.